The first-order valence-corrected chi connectivity index (χ1v) is 67.0. The fourth-order valence-corrected chi connectivity index (χ4v) is 52.3. The third kappa shape index (κ3) is 53.7. The van der Waals surface area contributed by atoms with Crippen molar-refractivity contribution in [1.82, 2.24) is 14.0 Å². The Morgan fingerprint density at radius 1 is 0.281 bits per heavy atom. The highest BCUT2D eigenvalue weighted by Crippen LogP contribution is 2.90. The van der Waals surface area contributed by atoms with Crippen LogP contribution in [0.15, 0.2) is 113 Å². The van der Waals surface area contributed by atoms with Crippen LogP contribution in [0.1, 0.15) is 27.7 Å². The van der Waals surface area contributed by atoms with E-state index in [9.17, 15) is 238 Å². The molecule has 0 aliphatic carbocycles. The second-order valence-electron chi connectivity index (χ2n) is 21.3. The molecule has 0 saturated carbocycles. The molecule has 135 heavy (non-hydrogen) atoms. The fourth-order valence-electron chi connectivity index (χ4n) is 6.44. The van der Waals surface area contributed by atoms with Crippen LogP contribution in [0.2, 0.25) is 0 Å². The molecule has 33 nitrogen and oxygen atoms in total. The van der Waals surface area contributed by atoms with Crippen molar-refractivity contribution in [3.63, 3.8) is 0 Å². The number of rotatable bonds is 15. The molecule has 7 rings (SSSR count). The molecule has 0 bridgehead atoms. The molecule has 8 atom stereocenters. The van der Waals surface area contributed by atoms with Crippen LogP contribution in [0.5, 0.6) is 0 Å². The van der Waals surface area contributed by atoms with E-state index < -0.39 is 269 Å². The average Bonchev–Trinajstić information content (AvgIpc) is 0.756. The van der Waals surface area contributed by atoms with Crippen molar-refractivity contribution in [3.05, 3.63) is 0 Å². The van der Waals surface area contributed by atoms with Crippen LogP contribution in [0.3, 0.4) is 0 Å². The third-order valence-electron chi connectivity index (χ3n) is 9.87. The van der Waals surface area contributed by atoms with Crippen molar-refractivity contribution in [3.8, 4) is 0 Å². The Kier molecular flexibility index (Phi) is 47.9. The van der Waals surface area contributed by atoms with E-state index in [1.165, 1.54) is 43.2 Å². The van der Waals surface area contributed by atoms with Crippen LogP contribution >= 0.6 is 195 Å². The van der Waals surface area contributed by atoms with Gasteiger partial charge in [0.15, 0.2) is 6.61 Å². The number of halogens is 56. The maximum atomic E-state index is 14.1. The number of hydrogen-bond acceptors (Lipinski definition) is 33. The summed E-state index contributed by atoms with van der Waals surface area (Å²) in [4.78, 5) is 8.00. The maximum absolute atomic E-state index is 14.1. The molecule has 7 aliphatic rings. The Labute approximate surface area is 718 Å². The standard InChI is InChI=1S/C5H7F10N4OP3.C4H4F11N4P3.C4H10F4N4P3.C3H8F6N4OP4.C2H2F10N4OP4.C2H5F7N4OP4.CH2O.F8N4P4/c1-19(2)22(14)16-21(12,13)17-23(15,18-22)20-3(4(6,7)8)5(9,10)11;5-3(6,7)1-19(2-4(8,9)10)22(15)17-20(11,12)16-21(13,14)18-22;1-3-12(4-2)13-9-14(5,6)11-15(7,8)10-13;1-3-14-18(9)11-15(2,4)10-16(5,6)12-17(7,8)13-18;3-2(4,5)1-17-21(12)15-19(8,9)13-18(6,7)14-20(10,11)16-21;1-2-14-18(9)12-16(5,6)10-15(3,4)11-17(7,8)13-18;1-2;1-13(2)9-14(3,4)11-16(7,8)12-15(5,6)10-13/h3H,1-2H3;1-2H2;3-4H2,1-2H3;3H2,1-2H3;1H2;2H2,1H3;1H2;/q;;+1;;;;;. The molecule has 0 spiro atoms. The van der Waals surface area contributed by atoms with Crippen molar-refractivity contribution in [1.29, 1.82) is 0 Å². The van der Waals surface area contributed by atoms with Crippen LogP contribution < -0.4 is 0 Å². The molecule has 0 aromatic rings. The van der Waals surface area contributed by atoms with Crippen molar-refractivity contribution >= 4 is 202 Å². The summed E-state index contributed by atoms with van der Waals surface area (Å²) in [5.41, 5.74) is 0. The van der Waals surface area contributed by atoms with Gasteiger partial charge in [0.25, 0.3) is 6.10 Å². The van der Waals surface area contributed by atoms with Crippen molar-refractivity contribution in [2.75, 3.05) is 66.8 Å². The van der Waals surface area contributed by atoms with E-state index in [2.05, 4.69) is 54.2 Å². The van der Waals surface area contributed by atoms with Gasteiger partial charge in [0, 0.05) is 28.8 Å². The van der Waals surface area contributed by atoms with Gasteiger partial charge in [-0.3, -0.25) is 9.05 Å². The minimum absolute atomic E-state index is 0.226. The van der Waals surface area contributed by atoms with Gasteiger partial charge < -0.3 is 13.8 Å². The lowest BCUT2D eigenvalue weighted by Gasteiger charge is -2.29. The quantitative estimate of drug-likeness (QED) is 0.112. The van der Waals surface area contributed by atoms with Gasteiger partial charge >= 0.3 is 218 Å². The van der Waals surface area contributed by atoms with E-state index in [1.54, 1.807) is 40.9 Å². The minimum Gasteiger partial charge on any atom is -0.307 e. The average molecular weight is 2600 g/mol. The lowest BCUT2D eigenvalue weighted by atomic mass is 10.3. The molecular weight excluding hydrogens is 2560 g/mol. The Balaban J connectivity index is 0.00000155. The van der Waals surface area contributed by atoms with Crippen LogP contribution in [0.4, 0.5) is 238 Å². The van der Waals surface area contributed by atoms with E-state index in [1.807, 2.05) is 24.9 Å². The molecule has 0 aromatic heterocycles. The summed E-state index contributed by atoms with van der Waals surface area (Å²) in [5.74, 6) is 0. The first kappa shape index (κ1) is 136. The van der Waals surface area contributed by atoms with E-state index >= 15 is 0 Å². The second-order valence-corrected chi connectivity index (χ2v) is 65.5. The van der Waals surface area contributed by atoms with Gasteiger partial charge in [0.1, 0.15) is 19.9 Å². The van der Waals surface area contributed by atoms with Crippen molar-refractivity contribution < 1.29 is 261 Å². The van der Waals surface area contributed by atoms with Gasteiger partial charge in [-0.1, -0.05) is 4.67 Å². The number of hydrogen-bond donors (Lipinski definition) is 0. The van der Waals surface area contributed by atoms with Gasteiger partial charge in [-0.25, -0.2) is 9.34 Å². The highest BCUT2D eigenvalue weighted by Gasteiger charge is 2.62. The number of alkyl halides is 15. The first-order valence-electron chi connectivity index (χ1n) is 29.6. The highest BCUT2D eigenvalue weighted by molar-refractivity contribution is 7.83. The Bertz CT molecular complexity index is 5560. The fraction of sp³-hybridized carbons (Fsp3) is 0.952. The molecule has 7 heterocycles. The molecule has 0 aromatic carbocycles. The second kappa shape index (κ2) is 47.5. The SMILES string of the molecule is C=O.CCN(CC)[P+]1=NP(F)(F)=NP(F)(F)=N1.CCOP1(F)=NP(F)(F)=NP(F)(F)=NP(C)(F)=N1.CCOP1(F)=NP(F)(F)=NP(F)(F)=NP(F)(F)=N1.CN(C)P1(F)=NP(F)(OC(C(F)(F)F)C(F)(F)F)=NP(F)(F)=N1.FC(F)(F)CN(CC(F)(F)F)P1(F)=NP(F)(F)=NP(F)(F)=N1.FC(F)(F)COP1(F)=NP(F)(F)=NP(F)(F)=NP(F)(F)=N1.FP1(F)=NP(F)(F)=NP(F)(F)=NP(F)(F)=N1. The van der Waals surface area contributed by atoms with Gasteiger partial charge in [-0.2, -0.15) is 104 Å². The maximum Gasteiger partial charge on any atom is 0.468 e. The molecular formula is C21H38F56N28O5P25+. The summed E-state index contributed by atoms with van der Waals surface area (Å²) in [6.45, 7) is -0.00788. The van der Waals surface area contributed by atoms with E-state index in [0.717, 1.165) is 21.0 Å². The molecule has 0 amide bonds. The zero-order chi connectivity index (χ0) is 108. The van der Waals surface area contributed by atoms with Gasteiger partial charge in [-0.15, -0.1) is 238 Å². The van der Waals surface area contributed by atoms with Crippen molar-refractivity contribution in [2.24, 2.45) is 113 Å². The summed E-state index contributed by atoms with van der Waals surface area (Å²) in [5, 5.41) is 0. The monoisotopic (exact) mass is 2600 g/mol. The zero-order valence-corrected chi connectivity index (χ0v) is 85.0. The molecule has 0 fully saturated rings. The van der Waals surface area contributed by atoms with Gasteiger partial charge in [0.2, 0.25) is 7.52 Å². The van der Waals surface area contributed by atoms with Crippen molar-refractivity contribution in [2.45, 2.75) is 64.7 Å². The summed E-state index contributed by atoms with van der Waals surface area (Å²) in [7, 11) is -144. The molecule has 8 unspecified atom stereocenters. The van der Waals surface area contributed by atoms with E-state index in [4.69, 9.17) is 4.79 Å². The molecule has 0 saturated heterocycles. The predicted octanol–water partition coefficient (Wildman–Crippen LogP) is 50.0. The van der Waals surface area contributed by atoms with Gasteiger partial charge in [0.05, 0.1) is 13.2 Å². The smallest absolute Gasteiger partial charge is 0.307 e. The topological polar surface area (TPSA) is 373 Å². The molecule has 114 heteroatoms. The van der Waals surface area contributed by atoms with Crippen LogP contribution in [0.25, 0.3) is 0 Å². The van der Waals surface area contributed by atoms with Crippen LogP contribution in [-0.4, -0.2) is 125 Å². The highest BCUT2D eigenvalue weighted by atomic mass is 31.3. The number of nitrogens with zero attached hydrogens (tertiary/aromatic N) is 28. The largest absolute Gasteiger partial charge is 0.468 e. The summed E-state index contributed by atoms with van der Waals surface area (Å²) >= 11 is 0. The van der Waals surface area contributed by atoms with E-state index in [0.29, 0.717) is 19.8 Å². The van der Waals surface area contributed by atoms with Crippen LogP contribution in [0, 0.1) is 0 Å². The number of carbonyl (C=O) groups excluding carboxylic acids is 1. The number of carbonyl (C=O) groups is 1. The summed E-state index contributed by atoms with van der Waals surface area (Å²) in [6.07, 6.45) is -33.4. The minimum atomic E-state index is -6.56. The summed E-state index contributed by atoms with van der Waals surface area (Å²) in [6, 6.07) is 0. The van der Waals surface area contributed by atoms with Crippen LogP contribution in [-0.2, 0) is 22.9 Å². The predicted molar refractivity (Wildman–Crippen MR) is 405 cm³/mol. The molecule has 7 aliphatic heterocycles. The first-order chi connectivity index (χ1) is 58.8. The lowest BCUT2D eigenvalue weighted by molar-refractivity contribution is -0.300. The zero-order valence-electron chi connectivity index (χ0n) is 62.6. The summed E-state index contributed by atoms with van der Waals surface area (Å²) < 4.78 is 775. The van der Waals surface area contributed by atoms with E-state index in [-0.39, 0.29) is 4.67 Å². The molecule has 0 N–H and O–H groups in total. The lowest BCUT2D eigenvalue weighted by Crippen LogP contribution is -2.43. The molecule has 0 radical (unpaired) electrons. The third-order valence-corrected chi connectivity index (χ3v) is 58.9. The Hall–Kier alpha value is 1.09. The Morgan fingerprint density at radius 3 is 0.793 bits per heavy atom. The Morgan fingerprint density at radius 2 is 0.526 bits per heavy atom. The normalized spacial score (nSPS) is 30.5. The van der Waals surface area contributed by atoms with Gasteiger partial charge in [-0.05, 0) is 41.8 Å². The molecule has 808 valence electrons.